The van der Waals surface area contributed by atoms with Gasteiger partial charge in [0.2, 0.25) is 21.8 Å². The Kier molecular flexibility index (Phi) is 11.1. The molecule has 0 aliphatic carbocycles. The summed E-state index contributed by atoms with van der Waals surface area (Å²) >= 11 is 6.23. The molecule has 1 unspecified atom stereocenters. The first-order valence-electron chi connectivity index (χ1n) is 11.9. The second kappa shape index (κ2) is 13.5. The summed E-state index contributed by atoms with van der Waals surface area (Å²) in [6, 6.07) is 10.8. The number of benzene rings is 2. The van der Waals surface area contributed by atoms with Gasteiger partial charge in [0.15, 0.2) is 0 Å². The lowest BCUT2D eigenvalue weighted by Crippen LogP contribution is -2.52. The molecule has 2 aromatic carbocycles. The standard InChI is InChI=1S/C26H36ClN3O6S/c1-7-23(26(32)28-15-18(2)3)29(16-19-9-8-10-21(13-19)35-4)25(31)17-30(37(6,33)34)20-11-12-24(36-5)22(27)14-20/h8-14,18,23H,7,15-17H2,1-6H3,(H,28,32). The molecule has 2 rings (SSSR count). The molecule has 0 saturated carbocycles. The summed E-state index contributed by atoms with van der Waals surface area (Å²) in [6.45, 7) is 5.79. The maximum Gasteiger partial charge on any atom is 0.244 e. The summed E-state index contributed by atoms with van der Waals surface area (Å²) in [5.74, 6) is 0.368. The van der Waals surface area contributed by atoms with Gasteiger partial charge >= 0.3 is 0 Å². The number of methoxy groups -OCH3 is 2. The van der Waals surface area contributed by atoms with E-state index in [1.165, 1.54) is 30.2 Å². The molecule has 0 spiro atoms. The highest BCUT2D eigenvalue weighted by atomic mass is 35.5. The molecule has 2 aromatic rings. The predicted molar refractivity (Wildman–Crippen MR) is 146 cm³/mol. The summed E-state index contributed by atoms with van der Waals surface area (Å²) in [4.78, 5) is 28.3. The molecule has 37 heavy (non-hydrogen) atoms. The molecule has 0 bridgehead atoms. The molecule has 0 saturated heterocycles. The van der Waals surface area contributed by atoms with E-state index in [0.717, 1.165) is 16.1 Å². The van der Waals surface area contributed by atoms with Gasteiger partial charge in [-0.3, -0.25) is 13.9 Å². The van der Waals surface area contributed by atoms with E-state index in [-0.39, 0.29) is 29.1 Å². The lowest BCUT2D eigenvalue weighted by molar-refractivity contribution is -0.140. The Morgan fingerprint density at radius 1 is 1.08 bits per heavy atom. The van der Waals surface area contributed by atoms with Gasteiger partial charge < -0.3 is 19.7 Å². The number of carbonyl (C=O) groups excluding carboxylic acids is 2. The van der Waals surface area contributed by atoms with Crippen molar-refractivity contribution in [3.05, 3.63) is 53.1 Å². The van der Waals surface area contributed by atoms with Crippen LogP contribution >= 0.6 is 11.6 Å². The summed E-state index contributed by atoms with van der Waals surface area (Å²) in [5.41, 5.74) is 0.946. The number of sulfonamides is 1. The molecule has 9 nitrogen and oxygen atoms in total. The number of hydrogen-bond donors (Lipinski definition) is 1. The Labute approximate surface area is 224 Å². The van der Waals surface area contributed by atoms with Crippen molar-refractivity contribution in [2.45, 2.75) is 39.8 Å². The Bertz CT molecular complexity index is 1190. The minimum Gasteiger partial charge on any atom is -0.497 e. The lowest BCUT2D eigenvalue weighted by atomic mass is 10.1. The van der Waals surface area contributed by atoms with Gasteiger partial charge in [0, 0.05) is 13.1 Å². The normalized spacial score (nSPS) is 12.1. The quantitative estimate of drug-likeness (QED) is 0.405. The van der Waals surface area contributed by atoms with Crippen LogP contribution in [0.3, 0.4) is 0 Å². The summed E-state index contributed by atoms with van der Waals surface area (Å²) in [5, 5.41) is 3.09. The fourth-order valence-electron chi connectivity index (χ4n) is 3.73. The highest BCUT2D eigenvalue weighted by Gasteiger charge is 2.32. The topological polar surface area (TPSA) is 105 Å². The number of rotatable bonds is 13. The summed E-state index contributed by atoms with van der Waals surface area (Å²) in [7, 11) is -0.884. The molecule has 11 heteroatoms. The van der Waals surface area contributed by atoms with Crippen molar-refractivity contribution in [3.8, 4) is 11.5 Å². The number of amides is 2. The zero-order valence-electron chi connectivity index (χ0n) is 22.2. The number of nitrogens with one attached hydrogen (secondary N) is 1. The van der Waals surface area contributed by atoms with Crippen molar-refractivity contribution in [1.82, 2.24) is 10.2 Å². The van der Waals surface area contributed by atoms with Crippen LogP contribution in [0.4, 0.5) is 5.69 Å². The molecule has 2 amide bonds. The van der Waals surface area contributed by atoms with E-state index in [1.807, 2.05) is 26.8 Å². The number of hydrogen-bond acceptors (Lipinski definition) is 6. The predicted octanol–water partition coefficient (Wildman–Crippen LogP) is 3.70. The SMILES string of the molecule is CCC(C(=O)NCC(C)C)N(Cc1cccc(OC)c1)C(=O)CN(c1ccc(OC)c(Cl)c1)S(C)(=O)=O. The van der Waals surface area contributed by atoms with Gasteiger partial charge in [0.1, 0.15) is 24.1 Å². The van der Waals surface area contributed by atoms with Crippen molar-refractivity contribution >= 4 is 39.1 Å². The molecule has 204 valence electrons. The van der Waals surface area contributed by atoms with Crippen molar-refractivity contribution in [3.63, 3.8) is 0 Å². The van der Waals surface area contributed by atoms with E-state index in [9.17, 15) is 18.0 Å². The average Bonchev–Trinajstić information content (AvgIpc) is 2.85. The number of nitrogens with zero attached hydrogens (tertiary/aromatic N) is 2. The third-order valence-corrected chi connectivity index (χ3v) is 7.10. The first kappa shape index (κ1) is 30.2. The van der Waals surface area contributed by atoms with Crippen LogP contribution in [0.15, 0.2) is 42.5 Å². The van der Waals surface area contributed by atoms with E-state index < -0.39 is 28.5 Å². The third-order valence-electron chi connectivity index (χ3n) is 5.66. The monoisotopic (exact) mass is 553 g/mol. The summed E-state index contributed by atoms with van der Waals surface area (Å²) in [6.07, 6.45) is 1.35. The number of halogens is 1. The maximum absolute atomic E-state index is 13.7. The molecule has 1 N–H and O–H groups in total. The zero-order chi connectivity index (χ0) is 27.8. The Morgan fingerprint density at radius 2 is 1.78 bits per heavy atom. The van der Waals surface area contributed by atoms with Gasteiger partial charge in [0.25, 0.3) is 0 Å². The molecule has 0 radical (unpaired) electrons. The first-order chi connectivity index (χ1) is 17.4. The van der Waals surface area contributed by atoms with Crippen LogP contribution in [-0.4, -0.2) is 64.7 Å². The Morgan fingerprint density at radius 3 is 2.32 bits per heavy atom. The van der Waals surface area contributed by atoms with Crippen LogP contribution in [0.25, 0.3) is 0 Å². The van der Waals surface area contributed by atoms with Crippen molar-refractivity contribution < 1.29 is 27.5 Å². The van der Waals surface area contributed by atoms with E-state index in [4.69, 9.17) is 21.1 Å². The largest absolute Gasteiger partial charge is 0.497 e. The second-order valence-electron chi connectivity index (χ2n) is 9.02. The van der Waals surface area contributed by atoms with Crippen LogP contribution in [0, 0.1) is 5.92 Å². The summed E-state index contributed by atoms with van der Waals surface area (Å²) < 4.78 is 36.9. The number of ether oxygens (including phenoxy) is 2. The lowest BCUT2D eigenvalue weighted by Gasteiger charge is -2.33. The highest BCUT2D eigenvalue weighted by molar-refractivity contribution is 7.92. The van der Waals surface area contributed by atoms with Crippen LogP contribution in [-0.2, 0) is 26.2 Å². The van der Waals surface area contributed by atoms with Crippen molar-refractivity contribution in [2.75, 3.05) is 37.9 Å². The fraction of sp³-hybridized carbons (Fsp3) is 0.462. The van der Waals surface area contributed by atoms with Gasteiger partial charge in [-0.25, -0.2) is 8.42 Å². The molecule has 0 heterocycles. The van der Waals surface area contributed by atoms with Crippen molar-refractivity contribution in [2.24, 2.45) is 5.92 Å². The molecule has 0 aliphatic rings. The number of anilines is 1. The molecule has 0 aliphatic heterocycles. The van der Waals surface area contributed by atoms with Gasteiger partial charge in [-0.1, -0.05) is 44.5 Å². The van der Waals surface area contributed by atoms with Crippen LogP contribution < -0.4 is 19.1 Å². The van der Waals surface area contributed by atoms with Gasteiger partial charge in [-0.2, -0.15) is 0 Å². The van der Waals surface area contributed by atoms with E-state index in [1.54, 1.807) is 25.3 Å². The molecule has 0 fully saturated rings. The van der Waals surface area contributed by atoms with E-state index >= 15 is 0 Å². The van der Waals surface area contributed by atoms with Crippen molar-refractivity contribution in [1.29, 1.82) is 0 Å². The minimum atomic E-state index is -3.87. The highest BCUT2D eigenvalue weighted by Crippen LogP contribution is 2.30. The van der Waals surface area contributed by atoms with Gasteiger partial charge in [0.05, 0.1) is 31.2 Å². The minimum absolute atomic E-state index is 0.0879. The van der Waals surface area contributed by atoms with Crippen LogP contribution in [0.2, 0.25) is 5.02 Å². The second-order valence-corrected chi connectivity index (χ2v) is 11.3. The molecular formula is C26H36ClN3O6S. The van der Waals surface area contributed by atoms with E-state index in [2.05, 4.69) is 5.32 Å². The fourth-order valence-corrected chi connectivity index (χ4v) is 4.83. The molecular weight excluding hydrogens is 518 g/mol. The Hall–Kier alpha value is -2.98. The maximum atomic E-state index is 13.7. The average molecular weight is 554 g/mol. The molecule has 0 aromatic heterocycles. The van der Waals surface area contributed by atoms with Gasteiger partial charge in [-0.15, -0.1) is 0 Å². The first-order valence-corrected chi connectivity index (χ1v) is 14.1. The smallest absolute Gasteiger partial charge is 0.244 e. The van der Waals surface area contributed by atoms with Crippen LogP contribution in [0.5, 0.6) is 11.5 Å². The zero-order valence-corrected chi connectivity index (χ0v) is 23.7. The van der Waals surface area contributed by atoms with E-state index in [0.29, 0.717) is 24.5 Å². The molecule has 1 atom stereocenters. The Balaban J connectivity index is 2.46. The van der Waals surface area contributed by atoms with Gasteiger partial charge in [-0.05, 0) is 48.2 Å². The third kappa shape index (κ3) is 8.53. The number of carbonyl (C=O) groups is 2. The van der Waals surface area contributed by atoms with Crippen LogP contribution in [0.1, 0.15) is 32.8 Å².